The maximum atomic E-state index is 14.9. The second-order valence-corrected chi connectivity index (χ2v) is 10.2. The van der Waals surface area contributed by atoms with Crippen LogP contribution in [0.2, 0.25) is 5.02 Å². The number of para-hydroxylation sites is 1. The lowest BCUT2D eigenvalue weighted by Gasteiger charge is -2.41. The Labute approximate surface area is 242 Å². The van der Waals surface area contributed by atoms with Crippen LogP contribution in [-0.4, -0.2) is 30.8 Å². The molecule has 0 bridgehead atoms. The van der Waals surface area contributed by atoms with Gasteiger partial charge in [-0.25, -0.2) is 0 Å². The molecule has 4 rings (SSSR count). The second-order valence-electron chi connectivity index (χ2n) is 9.78. The van der Waals surface area contributed by atoms with Gasteiger partial charge in [-0.05, 0) is 54.3 Å². The molecular weight excluding hydrogens is 586 g/mol. The van der Waals surface area contributed by atoms with Gasteiger partial charge in [-0.2, -0.15) is 26.3 Å². The highest BCUT2D eigenvalue weighted by Gasteiger charge is 2.60. The van der Waals surface area contributed by atoms with E-state index in [1.54, 1.807) is 31.2 Å². The van der Waals surface area contributed by atoms with E-state index in [2.05, 4.69) is 5.32 Å². The normalized spacial score (nSPS) is 17.6. The number of ether oxygens (including phenoxy) is 1. The van der Waals surface area contributed by atoms with Gasteiger partial charge in [0.2, 0.25) is 0 Å². The van der Waals surface area contributed by atoms with E-state index in [-0.39, 0.29) is 46.2 Å². The molecule has 1 heterocycles. The summed E-state index contributed by atoms with van der Waals surface area (Å²) < 4.78 is 87.1. The maximum absolute atomic E-state index is 14.9. The van der Waals surface area contributed by atoms with Crippen LogP contribution >= 0.6 is 11.6 Å². The van der Waals surface area contributed by atoms with Crippen LogP contribution in [0.1, 0.15) is 36.0 Å². The van der Waals surface area contributed by atoms with Crippen LogP contribution in [0.5, 0.6) is 5.75 Å². The molecule has 3 aromatic rings. The number of aryl methyl sites for hydroxylation is 1. The lowest BCUT2D eigenvalue weighted by Crippen LogP contribution is -2.59. The summed E-state index contributed by atoms with van der Waals surface area (Å²) in [6.07, 6.45) is -11.6. The van der Waals surface area contributed by atoms with E-state index in [4.69, 9.17) is 16.3 Å². The summed E-state index contributed by atoms with van der Waals surface area (Å²) in [5.74, 6) is -2.12. The molecule has 0 aliphatic carbocycles. The molecule has 2 amide bonds. The third-order valence-electron chi connectivity index (χ3n) is 6.75. The topological polar surface area (TPSA) is 67.4 Å². The molecule has 0 saturated heterocycles. The zero-order valence-electron chi connectivity index (χ0n) is 22.1. The van der Waals surface area contributed by atoms with E-state index in [0.29, 0.717) is 0 Å². The van der Waals surface area contributed by atoms with Crippen molar-refractivity contribution in [1.29, 1.82) is 0 Å². The molecule has 0 saturated carbocycles. The number of hydrogen-bond acceptors (Lipinski definition) is 3. The lowest BCUT2D eigenvalue weighted by atomic mass is 9.76. The fourth-order valence-corrected chi connectivity index (χ4v) is 4.77. The third-order valence-corrected chi connectivity index (χ3v) is 7.08. The van der Waals surface area contributed by atoms with Crippen molar-refractivity contribution >= 4 is 34.7 Å². The van der Waals surface area contributed by atoms with Crippen molar-refractivity contribution in [2.75, 3.05) is 11.9 Å². The van der Waals surface area contributed by atoms with Gasteiger partial charge < -0.3 is 15.4 Å². The maximum Gasteiger partial charge on any atom is 0.416 e. The Balaban J connectivity index is 1.73. The predicted octanol–water partition coefficient (Wildman–Crippen LogP) is 7.74. The number of rotatable bonds is 8. The summed E-state index contributed by atoms with van der Waals surface area (Å²) in [4.78, 5) is 26.8. The molecule has 1 atom stereocenters. The zero-order valence-corrected chi connectivity index (χ0v) is 22.9. The first-order valence-corrected chi connectivity index (χ1v) is 13.1. The molecule has 1 aliphatic heterocycles. The molecule has 1 aliphatic rings. The van der Waals surface area contributed by atoms with Crippen LogP contribution in [0, 0.1) is 6.92 Å². The predicted molar refractivity (Wildman–Crippen MR) is 146 cm³/mol. The van der Waals surface area contributed by atoms with Crippen molar-refractivity contribution in [3.8, 4) is 5.75 Å². The molecule has 2 N–H and O–H groups in total. The fourth-order valence-electron chi connectivity index (χ4n) is 4.59. The van der Waals surface area contributed by atoms with Crippen LogP contribution in [0.3, 0.4) is 0 Å². The Kier molecular flexibility index (Phi) is 8.91. The highest BCUT2D eigenvalue weighted by atomic mass is 35.5. The van der Waals surface area contributed by atoms with Crippen LogP contribution in [0.15, 0.2) is 78.4 Å². The fraction of sp³-hybridized carbons (Fsp3) is 0.267. The summed E-state index contributed by atoms with van der Waals surface area (Å²) in [5, 5.41) is 4.72. The van der Waals surface area contributed by atoms with E-state index < -0.39 is 48.1 Å². The van der Waals surface area contributed by atoms with Crippen molar-refractivity contribution in [3.63, 3.8) is 0 Å². The van der Waals surface area contributed by atoms with Gasteiger partial charge in [-0.15, -0.1) is 0 Å². The van der Waals surface area contributed by atoms with Gasteiger partial charge in [0.25, 0.3) is 11.8 Å². The highest BCUT2D eigenvalue weighted by molar-refractivity contribution is 6.35. The third kappa shape index (κ3) is 6.89. The molecule has 222 valence electrons. The van der Waals surface area contributed by atoms with Gasteiger partial charge in [0, 0.05) is 12.8 Å². The lowest BCUT2D eigenvalue weighted by molar-refractivity contribution is -0.201. The zero-order chi connectivity index (χ0) is 30.7. The molecular formula is C30H25ClF6N2O3. The number of benzene rings is 3. The summed E-state index contributed by atoms with van der Waals surface area (Å²) in [6, 6.07) is 17.1. The SMILES string of the molecule is Cc1ccc(C2=C(C(=O)Nc3ccccc3Cl)C(=O)NC(c3ccc(OCCCC(F)(F)F)cc3)(C(F)(F)F)C2)cc1. The summed E-state index contributed by atoms with van der Waals surface area (Å²) in [7, 11) is 0. The minimum Gasteiger partial charge on any atom is -0.494 e. The van der Waals surface area contributed by atoms with Gasteiger partial charge in [0.15, 0.2) is 5.54 Å². The van der Waals surface area contributed by atoms with E-state index in [9.17, 15) is 35.9 Å². The van der Waals surface area contributed by atoms with E-state index in [0.717, 1.165) is 17.7 Å². The minimum absolute atomic E-state index is 0.0643. The minimum atomic E-state index is -5.02. The molecule has 0 radical (unpaired) electrons. The van der Waals surface area contributed by atoms with Crippen molar-refractivity contribution in [1.82, 2.24) is 5.32 Å². The Bertz CT molecular complexity index is 1480. The van der Waals surface area contributed by atoms with Crippen molar-refractivity contribution < 1.29 is 40.7 Å². The van der Waals surface area contributed by atoms with Crippen LogP contribution in [0.25, 0.3) is 5.57 Å². The van der Waals surface area contributed by atoms with Gasteiger partial charge in [-0.3, -0.25) is 9.59 Å². The van der Waals surface area contributed by atoms with Gasteiger partial charge >= 0.3 is 12.4 Å². The average molecular weight is 611 g/mol. The monoisotopic (exact) mass is 610 g/mol. The number of nitrogens with one attached hydrogen (secondary N) is 2. The van der Waals surface area contributed by atoms with Crippen LogP contribution in [-0.2, 0) is 15.1 Å². The van der Waals surface area contributed by atoms with Gasteiger partial charge in [-0.1, -0.05) is 65.7 Å². The van der Waals surface area contributed by atoms with Gasteiger partial charge in [0.1, 0.15) is 11.3 Å². The van der Waals surface area contributed by atoms with E-state index >= 15 is 0 Å². The molecule has 3 aromatic carbocycles. The molecule has 5 nitrogen and oxygen atoms in total. The smallest absolute Gasteiger partial charge is 0.416 e. The summed E-state index contributed by atoms with van der Waals surface area (Å²) >= 11 is 6.13. The van der Waals surface area contributed by atoms with Crippen LogP contribution < -0.4 is 15.4 Å². The van der Waals surface area contributed by atoms with E-state index in [1.165, 1.54) is 36.4 Å². The first kappa shape index (κ1) is 31.0. The number of carbonyl (C=O) groups is 2. The first-order chi connectivity index (χ1) is 19.7. The Hall–Kier alpha value is -3.99. The van der Waals surface area contributed by atoms with Crippen molar-refractivity contribution in [3.05, 3.63) is 100 Å². The first-order valence-electron chi connectivity index (χ1n) is 12.8. The standard InChI is InChI=1S/C30H25ClF6N2O3/c1-18-7-9-19(10-8-18)22-17-28(30(35,36)37,20-11-13-21(14-12-20)42-16-4-15-29(32,33)34)39-27(41)25(22)26(40)38-24-6-3-2-5-23(24)31/h2-3,5-14H,4,15-17H2,1H3,(H,38,40)(H,39,41). The molecule has 0 fully saturated rings. The molecule has 0 aromatic heterocycles. The van der Waals surface area contributed by atoms with E-state index in [1.807, 2.05) is 5.32 Å². The average Bonchev–Trinajstić information content (AvgIpc) is 2.91. The Morgan fingerprint density at radius 2 is 1.62 bits per heavy atom. The highest BCUT2D eigenvalue weighted by Crippen LogP contribution is 2.48. The molecule has 1 unspecified atom stereocenters. The summed E-state index contributed by atoms with van der Waals surface area (Å²) in [6.45, 7) is 1.49. The number of anilines is 1. The number of hydrogen-bond donors (Lipinski definition) is 2. The molecule has 0 spiro atoms. The molecule has 42 heavy (non-hydrogen) atoms. The number of alkyl halides is 6. The summed E-state index contributed by atoms with van der Waals surface area (Å²) in [5.41, 5.74) is -2.66. The Morgan fingerprint density at radius 1 is 0.976 bits per heavy atom. The Morgan fingerprint density at radius 3 is 2.21 bits per heavy atom. The van der Waals surface area contributed by atoms with Crippen molar-refractivity contribution in [2.24, 2.45) is 0 Å². The quantitative estimate of drug-likeness (QED) is 0.156. The number of halogens is 7. The van der Waals surface area contributed by atoms with Crippen molar-refractivity contribution in [2.45, 2.75) is 44.1 Å². The molecule has 12 heteroatoms. The number of carbonyl (C=O) groups excluding carboxylic acids is 2. The number of amides is 2. The van der Waals surface area contributed by atoms with Gasteiger partial charge in [0.05, 0.1) is 17.3 Å². The largest absolute Gasteiger partial charge is 0.494 e. The second kappa shape index (κ2) is 12.1. The van der Waals surface area contributed by atoms with Crippen LogP contribution in [0.4, 0.5) is 32.0 Å².